The Morgan fingerprint density at radius 3 is 1.90 bits per heavy atom. The summed E-state index contributed by atoms with van der Waals surface area (Å²) < 4.78 is 5.21. The number of phenolic OH excluding ortho intramolecular Hbond substituents is 1. The van der Waals surface area contributed by atoms with E-state index in [0.717, 1.165) is 27.8 Å². The zero-order chi connectivity index (χ0) is 29.8. The third kappa shape index (κ3) is 7.44. The maximum atomic E-state index is 13.6. The minimum Gasteiger partial charge on any atom is -0.507 e. The molecule has 3 aromatic carbocycles. The van der Waals surface area contributed by atoms with Gasteiger partial charge in [0.1, 0.15) is 17.5 Å². The standard InChI is InChI=1S/C34H44N2O4/c1-22-10-13-24(14-11-22)30(32(39)35-25-15-17-26(40-9)18-16-25)36(8)29(37)19-12-23-20-27(33(2,3)4)31(38)28(21-23)34(5,6)7/h10-11,13-18,20-21,30,38H,12,19H2,1-9H3,(H,35,39)/t30-/m1/s1. The predicted molar refractivity (Wildman–Crippen MR) is 162 cm³/mol. The van der Waals surface area contributed by atoms with E-state index < -0.39 is 6.04 Å². The number of carbonyl (C=O) groups is 2. The molecule has 0 unspecified atom stereocenters. The highest BCUT2D eigenvalue weighted by molar-refractivity contribution is 5.98. The molecular formula is C34H44N2O4. The largest absolute Gasteiger partial charge is 0.507 e. The SMILES string of the molecule is COc1ccc(NC(=O)[C@@H](c2ccc(C)cc2)N(C)C(=O)CCc2cc(C(C)(C)C)c(O)c(C(C)(C)C)c2)cc1. The summed E-state index contributed by atoms with van der Waals surface area (Å²) in [6, 6.07) is 18.0. The average molecular weight is 545 g/mol. The number of hydrogen-bond donors (Lipinski definition) is 2. The molecule has 0 aliphatic rings. The van der Waals surface area contributed by atoms with Crippen LogP contribution in [-0.2, 0) is 26.8 Å². The van der Waals surface area contributed by atoms with E-state index in [0.29, 0.717) is 23.6 Å². The minimum atomic E-state index is -0.801. The van der Waals surface area contributed by atoms with Gasteiger partial charge < -0.3 is 20.1 Å². The van der Waals surface area contributed by atoms with Crippen LogP contribution >= 0.6 is 0 Å². The van der Waals surface area contributed by atoms with Gasteiger partial charge in [0.05, 0.1) is 7.11 Å². The highest BCUT2D eigenvalue weighted by Gasteiger charge is 2.30. The Hall–Kier alpha value is -3.80. The van der Waals surface area contributed by atoms with Crippen LogP contribution in [0.3, 0.4) is 0 Å². The maximum absolute atomic E-state index is 13.6. The highest BCUT2D eigenvalue weighted by Crippen LogP contribution is 2.40. The topological polar surface area (TPSA) is 78.9 Å². The fraction of sp³-hybridized carbons (Fsp3) is 0.412. The van der Waals surface area contributed by atoms with Gasteiger partial charge in [-0.15, -0.1) is 0 Å². The van der Waals surface area contributed by atoms with Gasteiger partial charge >= 0.3 is 0 Å². The molecule has 2 amide bonds. The van der Waals surface area contributed by atoms with Crippen LogP contribution < -0.4 is 10.1 Å². The quantitative estimate of drug-likeness (QED) is 0.318. The van der Waals surface area contributed by atoms with Gasteiger partial charge in [-0.3, -0.25) is 9.59 Å². The van der Waals surface area contributed by atoms with E-state index in [1.54, 1.807) is 38.4 Å². The number of phenols is 1. The van der Waals surface area contributed by atoms with Crippen LogP contribution in [0.25, 0.3) is 0 Å². The summed E-state index contributed by atoms with van der Waals surface area (Å²) in [6.07, 6.45) is 0.725. The molecule has 0 saturated heterocycles. The molecule has 0 fully saturated rings. The fourth-order valence-electron chi connectivity index (χ4n) is 4.74. The Bertz CT molecular complexity index is 1300. The number of aryl methyl sites for hydroxylation is 2. The third-order valence-corrected chi connectivity index (χ3v) is 7.19. The van der Waals surface area contributed by atoms with E-state index in [1.807, 2.05) is 43.3 Å². The molecule has 1 atom stereocenters. The molecule has 0 saturated carbocycles. The summed E-state index contributed by atoms with van der Waals surface area (Å²) in [5.74, 6) is 0.582. The second-order valence-corrected chi connectivity index (χ2v) is 12.6. The van der Waals surface area contributed by atoms with Crippen LogP contribution in [-0.4, -0.2) is 36.0 Å². The number of likely N-dealkylation sites (N-methyl/N-ethyl adjacent to an activating group) is 1. The van der Waals surface area contributed by atoms with Crippen molar-refractivity contribution >= 4 is 17.5 Å². The fourth-order valence-corrected chi connectivity index (χ4v) is 4.74. The van der Waals surface area contributed by atoms with Crippen LogP contribution in [0.4, 0.5) is 5.69 Å². The zero-order valence-electron chi connectivity index (χ0n) is 25.4. The number of hydrogen-bond acceptors (Lipinski definition) is 4. The van der Waals surface area contributed by atoms with Crippen molar-refractivity contribution in [1.29, 1.82) is 0 Å². The van der Waals surface area contributed by atoms with E-state index in [1.165, 1.54) is 4.90 Å². The molecular weight excluding hydrogens is 500 g/mol. The van der Waals surface area contributed by atoms with E-state index >= 15 is 0 Å². The smallest absolute Gasteiger partial charge is 0.251 e. The minimum absolute atomic E-state index is 0.141. The molecule has 2 N–H and O–H groups in total. The van der Waals surface area contributed by atoms with Crippen LogP contribution in [0.15, 0.2) is 60.7 Å². The molecule has 6 nitrogen and oxygen atoms in total. The first-order valence-corrected chi connectivity index (χ1v) is 13.8. The van der Waals surface area contributed by atoms with Crippen LogP contribution in [0, 0.1) is 6.92 Å². The first kappa shape index (κ1) is 30.7. The molecule has 0 bridgehead atoms. The van der Waals surface area contributed by atoms with Gasteiger partial charge in [-0.05, 0) is 70.7 Å². The summed E-state index contributed by atoms with van der Waals surface area (Å²) in [6.45, 7) is 14.4. The van der Waals surface area contributed by atoms with Gasteiger partial charge in [-0.2, -0.15) is 0 Å². The second kappa shape index (κ2) is 12.2. The Morgan fingerprint density at radius 2 is 1.43 bits per heavy atom. The normalized spacial score (nSPS) is 12.5. The van der Waals surface area contributed by atoms with Crippen molar-refractivity contribution in [3.63, 3.8) is 0 Å². The predicted octanol–water partition coefficient (Wildman–Crippen LogP) is 7.08. The van der Waals surface area contributed by atoms with Crippen molar-refractivity contribution in [2.75, 3.05) is 19.5 Å². The van der Waals surface area contributed by atoms with Gasteiger partial charge in [-0.25, -0.2) is 0 Å². The lowest BCUT2D eigenvalue weighted by molar-refractivity contribution is -0.137. The second-order valence-electron chi connectivity index (χ2n) is 12.6. The first-order valence-electron chi connectivity index (χ1n) is 13.8. The van der Waals surface area contributed by atoms with Crippen molar-refractivity contribution in [2.24, 2.45) is 0 Å². The molecule has 0 radical (unpaired) electrons. The molecule has 0 spiro atoms. The molecule has 3 rings (SSSR count). The van der Waals surface area contributed by atoms with E-state index in [9.17, 15) is 14.7 Å². The van der Waals surface area contributed by atoms with Crippen LogP contribution in [0.2, 0.25) is 0 Å². The molecule has 3 aromatic rings. The van der Waals surface area contributed by atoms with E-state index in [2.05, 4.69) is 46.9 Å². The number of nitrogens with one attached hydrogen (secondary N) is 1. The van der Waals surface area contributed by atoms with Gasteiger partial charge in [0.2, 0.25) is 5.91 Å². The summed E-state index contributed by atoms with van der Waals surface area (Å²) in [4.78, 5) is 28.6. The van der Waals surface area contributed by atoms with Gasteiger partial charge in [0.15, 0.2) is 0 Å². The molecule has 40 heavy (non-hydrogen) atoms. The highest BCUT2D eigenvalue weighted by atomic mass is 16.5. The van der Waals surface area contributed by atoms with Crippen molar-refractivity contribution in [3.8, 4) is 11.5 Å². The number of rotatable bonds is 8. The number of benzene rings is 3. The van der Waals surface area contributed by atoms with E-state index in [4.69, 9.17) is 4.74 Å². The first-order chi connectivity index (χ1) is 18.6. The van der Waals surface area contributed by atoms with Gasteiger partial charge in [0, 0.05) is 19.2 Å². The number of nitrogens with zero attached hydrogens (tertiary/aromatic N) is 1. The Balaban J connectivity index is 1.87. The lowest BCUT2D eigenvalue weighted by atomic mass is 9.78. The van der Waals surface area contributed by atoms with Crippen LogP contribution in [0.5, 0.6) is 11.5 Å². The third-order valence-electron chi connectivity index (χ3n) is 7.19. The average Bonchev–Trinajstić information content (AvgIpc) is 2.88. The summed E-state index contributed by atoms with van der Waals surface area (Å²) in [5, 5.41) is 14.0. The number of methoxy groups -OCH3 is 1. The Kier molecular flexibility index (Phi) is 9.34. The maximum Gasteiger partial charge on any atom is 0.251 e. The van der Waals surface area contributed by atoms with Crippen molar-refractivity contribution in [1.82, 2.24) is 4.90 Å². The lowest BCUT2D eigenvalue weighted by Gasteiger charge is -2.29. The number of carbonyl (C=O) groups excluding carboxylic acids is 2. The Morgan fingerprint density at radius 1 is 0.900 bits per heavy atom. The molecule has 6 heteroatoms. The summed E-state index contributed by atoms with van der Waals surface area (Å²) in [5.41, 5.74) is 4.65. The number of amides is 2. The monoisotopic (exact) mass is 544 g/mol. The number of aromatic hydroxyl groups is 1. The number of anilines is 1. The Labute approximate surface area is 239 Å². The molecule has 214 valence electrons. The molecule has 0 aliphatic heterocycles. The summed E-state index contributed by atoms with van der Waals surface area (Å²) in [7, 11) is 3.27. The molecule has 0 heterocycles. The zero-order valence-corrected chi connectivity index (χ0v) is 25.4. The summed E-state index contributed by atoms with van der Waals surface area (Å²) >= 11 is 0. The molecule has 0 aromatic heterocycles. The van der Waals surface area contributed by atoms with Crippen LogP contribution in [0.1, 0.15) is 81.8 Å². The van der Waals surface area contributed by atoms with E-state index in [-0.39, 0.29) is 29.1 Å². The van der Waals surface area contributed by atoms with Gasteiger partial charge in [-0.1, -0.05) is 83.5 Å². The number of ether oxygens (including phenoxy) is 1. The van der Waals surface area contributed by atoms with Gasteiger partial charge in [0.25, 0.3) is 5.91 Å². The van der Waals surface area contributed by atoms with Crippen molar-refractivity contribution in [3.05, 3.63) is 88.5 Å². The van der Waals surface area contributed by atoms with Crippen molar-refractivity contribution < 1.29 is 19.4 Å². The van der Waals surface area contributed by atoms with Crippen molar-refractivity contribution in [2.45, 2.75) is 78.2 Å². The lowest BCUT2D eigenvalue weighted by Crippen LogP contribution is -2.38. The molecule has 0 aliphatic carbocycles.